The Balaban J connectivity index is 2.59. The Hall–Kier alpha value is -1.34. The molecule has 0 saturated carbocycles. The number of fused-ring (bicyclic) bond motifs is 1. The molecule has 0 radical (unpaired) electrons. The van der Waals surface area contributed by atoms with Gasteiger partial charge in [0.25, 0.3) is 0 Å². The minimum atomic E-state index is -4.45. The van der Waals surface area contributed by atoms with E-state index >= 15 is 0 Å². The molecule has 0 unspecified atom stereocenters. The highest BCUT2D eigenvalue weighted by Gasteiger charge is 2.36. The van der Waals surface area contributed by atoms with E-state index in [9.17, 15) is 13.2 Å². The number of hydrogen-bond donors (Lipinski definition) is 0. The lowest BCUT2D eigenvalue weighted by Gasteiger charge is -2.15. The minimum Gasteiger partial charge on any atom is -0.320 e. The molecule has 0 saturated heterocycles. The summed E-state index contributed by atoms with van der Waals surface area (Å²) in [5.74, 6) is 0. The molecule has 0 aliphatic carbocycles. The number of hydrogen-bond acceptors (Lipinski definition) is 3. The van der Waals surface area contributed by atoms with E-state index in [-0.39, 0.29) is 22.7 Å². The van der Waals surface area contributed by atoms with Gasteiger partial charge in [-0.05, 0) is 20.2 Å². The predicted octanol–water partition coefficient (Wildman–Crippen LogP) is 2.67. The van der Waals surface area contributed by atoms with E-state index in [4.69, 9.17) is 11.6 Å². The Bertz CT molecular complexity index is 591. The van der Waals surface area contributed by atoms with Crippen molar-refractivity contribution in [3.8, 4) is 0 Å². The highest BCUT2D eigenvalue weighted by atomic mass is 35.5. The molecule has 0 aliphatic heterocycles. The van der Waals surface area contributed by atoms with Crippen LogP contribution in [0.5, 0.6) is 0 Å². The van der Waals surface area contributed by atoms with Crippen molar-refractivity contribution in [2.24, 2.45) is 0 Å². The zero-order chi connectivity index (χ0) is 14.2. The molecule has 0 spiro atoms. The van der Waals surface area contributed by atoms with Crippen LogP contribution in [0.15, 0.2) is 12.4 Å². The molecule has 0 amide bonds. The maximum atomic E-state index is 13.0. The summed E-state index contributed by atoms with van der Waals surface area (Å²) in [6, 6.07) is 0.993. The molecule has 2 aromatic heterocycles. The molecule has 2 rings (SSSR count). The summed E-state index contributed by atoms with van der Waals surface area (Å²) in [6.45, 7) is 0.646. The van der Waals surface area contributed by atoms with Crippen LogP contribution in [0.3, 0.4) is 0 Å². The highest BCUT2D eigenvalue weighted by molar-refractivity contribution is 6.33. The second-order valence-corrected chi connectivity index (χ2v) is 4.74. The van der Waals surface area contributed by atoms with Crippen molar-refractivity contribution in [2.75, 3.05) is 20.6 Å². The molecule has 19 heavy (non-hydrogen) atoms. The average molecular weight is 293 g/mol. The zero-order valence-corrected chi connectivity index (χ0v) is 11.1. The Morgan fingerprint density at radius 2 is 2.00 bits per heavy atom. The molecule has 2 heterocycles. The van der Waals surface area contributed by atoms with Crippen molar-refractivity contribution >= 4 is 22.6 Å². The van der Waals surface area contributed by atoms with E-state index in [0.717, 1.165) is 17.0 Å². The molecule has 4 nitrogen and oxygen atoms in total. The second-order valence-electron chi connectivity index (χ2n) is 4.38. The summed E-state index contributed by atoms with van der Waals surface area (Å²) < 4.78 is 40.2. The van der Waals surface area contributed by atoms with Gasteiger partial charge in [0.2, 0.25) is 0 Å². The number of alkyl halides is 3. The van der Waals surface area contributed by atoms with Gasteiger partial charge in [0.15, 0.2) is 0 Å². The SMILES string of the molecule is CN(C)CCn1c(C(F)(F)F)cc2c(Cl)ncnc21. The van der Waals surface area contributed by atoms with Crippen LogP contribution < -0.4 is 0 Å². The van der Waals surface area contributed by atoms with Crippen molar-refractivity contribution in [1.29, 1.82) is 0 Å². The van der Waals surface area contributed by atoms with Crippen molar-refractivity contribution in [3.05, 3.63) is 23.2 Å². The summed E-state index contributed by atoms with van der Waals surface area (Å²) in [6.07, 6.45) is -3.28. The molecule has 0 aliphatic rings. The van der Waals surface area contributed by atoms with Gasteiger partial charge < -0.3 is 9.47 Å². The summed E-state index contributed by atoms with van der Waals surface area (Å²) in [4.78, 5) is 9.41. The molecular weight excluding hydrogens is 281 g/mol. The number of nitrogens with zero attached hydrogens (tertiary/aromatic N) is 4. The van der Waals surface area contributed by atoms with Crippen LogP contribution in [-0.4, -0.2) is 40.1 Å². The van der Waals surface area contributed by atoms with E-state index < -0.39 is 11.9 Å². The number of aromatic nitrogens is 3. The fraction of sp³-hybridized carbons (Fsp3) is 0.455. The van der Waals surface area contributed by atoms with Gasteiger partial charge in [0.05, 0.1) is 5.39 Å². The average Bonchev–Trinajstić information content (AvgIpc) is 2.66. The standard InChI is InChI=1S/C11H12ClF3N4/c1-18(2)3-4-19-8(11(13,14)15)5-7-9(12)16-6-17-10(7)19/h5-6H,3-4H2,1-2H3. The molecular formula is C11H12ClF3N4. The van der Waals surface area contributed by atoms with Crippen molar-refractivity contribution in [3.63, 3.8) is 0 Å². The van der Waals surface area contributed by atoms with Gasteiger partial charge in [-0.25, -0.2) is 9.97 Å². The monoisotopic (exact) mass is 292 g/mol. The Labute approximate surface area is 112 Å². The second kappa shape index (κ2) is 4.97. The van der Waals surface area contributed by atoms with Crippen molar-refractivity contribution in [2.45, 2.75) is 12.7 Å². The maximum absolute atomic E-state index is 13.0. The van der Waals surface area contributed by atoms with Crippen LogP contribution in [0.4, 0.5) is 13.2 Å². The molecule has 104 valence electrons. The first kappa shape index (κ1) is 14.1. The normalized spacial score (nSPS) is 12.6. The van der Waals surface area contributed by atoms with Gasteiger partial charge in [0.1, 0.15) is 22.8 Å². The van der Waals surface area contributed by atoms with Gasteiger partial charge >= 0.3 is 6.18 Å². The van der Waals surface area contributed by atoms with Crippen LogP contribution in [0.1, 0.15) is 5.69 Å². The molecule has 2 aromatic rings. The fourth-order valence-electron chi connectivity index (χ4n) is 1.79. The van der Waals surface area contributed by atoms with Gasteiger partial charge in [-0.15, -0.1) is 0 Å². The zero-order valence-electron chi connectivity index (χ0n) is 10.4. The molecule has 0 fully saturated rings. The number of likely N-dealkylation sites (N-methyl/N-ethyl adjacent to an activating group) is 1. The highest BCUT2D eigenvalue weighted by Crippen LogP contribution is 2.34. The third-order valence-electron chi connectivity index (χ3n) is 2.70. The van der Waals surface area contributed by atoms with E-state index in [1.54, 1.807) is 19.0 Å². The van der Waals surface area contributed by atoms with E-state index in [1.807, 2.05) is 0 Å². The Kier molecular flexibility index (Phi) is 3.69. The minimum absolute atomic E-state index is 0.0269. The van der Waals surface area contributed by atoms with Gasteiger partial charge in [-0.3, -0.25) is 0 Å². The van der Waals surface area contributed by atoms with Crippen molar-refractivity contribution < 1.29 is 13.2 Å². The Morgan fingerprint density at radius 1 is 1.32 bits per heavy atom. The van der Waals surface area contributed by atoms with Crippen LogP contribution in [0.25, 0.3) is 11.0 Å². The third kappa shape index (κ3) is 2.82. The Morgan fingerprint density at radius 3 is 2.58 bits per heavy atom. The first-order valence-electron chi connectivity index (χ1n) is 5.52. The van der Waals surface area contributed by atoms with E-state index in [0.29, 0.717) is 6.54 Å². The fourth-order valence-corrected chi connectivity index (χ4v) is 1.98. The maximum Gasteiger partial charge on any atom is 0.431 e. The van der Waals surface area contributed by atoms with Gasteiger partial charge in [0, 0.05) is 13.1 Å². The van der Waals surface area contributed by atoms with Crippen LogP contribution in [0.2, 0.25) is 5.15 Å². The topological polar surface area (TPSA) is 34.0 Å². The molecule has 8 heteroatoms. The van der Waals surface area contributed by atoms with E-state index in [1.165, 1.54) is 0 Å². The third-order valence-corrected chi connectivity index (χ3v) is 3.00. The summed E-state index contributed by atoms with van der Waals surface area (Å²) in [7, 11) is 3.59. The summed E-state index contributed by atoms with van der Waals surface area (Å²) >= 11 is 5.81. The van der Waals surface area contributed by atoms with Crippen LogP contribution in [-0.2, 0) is 12.7 Å². The summed E-state index contributed by atoms with van der Waals surface area (Å²) in [5, 5.41) is 0.245. The quantitative estimate of drug-likeness (QED) is 0.816. The first-order chi connectivity index (χ1) is 8.80. The van der Waals surface area contributed by atoms with Gasteiger partial charge in [-0.2, -0.15) is 13.2 Å². The lowest BCUT2D eigenvalue weighted by atomic mass is 10.3. The smallest absolute Gasteiger partial charge is 0.320 e. The van der Waals surface area contributed by atoms with E-state index in [2.05, 4.69) is 9.97 Å². The molecule has 0 aromatic carbocycles. The molecule has 0 atom stereocenters. The van der Waals surface area contributed by atoms with Crippen molar-refractivity contribution in [1.82, 2.24) is 19.4 Å². The predicted molar refractivity (Wildman–Crippen MR) is 66.1 cm³/mol. The summed E-state index contributed by atoms with van der Waals surface area (Å²) in [5.41, 5.74) is -0.555. The molecule has 0 bridgehead atoms. The first-order valence-corrected chi connectivity index (χ1v) is 5.90. The largest absolute Gasteiger partial charge is 0.431 e. The van der Waals surface area contributed by atoms with Gasteiger partial charge in [-0.1, -0.05) is 11.6 Å². The van der Waals surface area contributed by atoms with Crippen LogP contribution in [0, 0.1) is 0 Å². The lowest BCUT2D eigenvalue weighted by molar-refractivity contribution is -0.143. The number of rotatable bonds is 3. The van der Waals surface area contributed by atoms with Crippen LogP contribution >= 0.6 is 11.6 Å². The molecule has 0 N–H and O–H groups in total. The lowest BCUT2D eigenvalue weighted by Crippen LogP contribution is -2.22. The number of halogens is 4.